The maximum Gasteiger partial charge on any atom is 0.244 e. The largest absolute Gasteiger partial charge is 0.346 e. The van der Waals surface area contributed by atoms with Gasteiger partial charge in [-0.05, 0) is 65.4 Å². The Kier molecular flexibility index (Phi) is 7.70. The lowest BCUT2D eigenvalue weighted by Gasteiger charge is -2.17. The standard InChI is InChI=1S/C30H24F3N9O2/c1-16-2-9-26(42-15-35-40-41-42)20(29(16)33)6-10-27(43)38-24-13-18-4-7-21(32)22(36-18)8-11-28(44)37-23-12-17(31)3-5-19(23)25-14-34-30(24)39-25/h2-7,9-10,12,14-15,24H,8,11,13H2,1H3,(H,34,39)(H,37,44)(H,38,43)/b10-6+. The second-order valence-corrected chi connectivity index (χ2v) is 10.1. The van der Waals surface area contributed by atoms with Gasteiger partial charge in [-0.3, -0.25) is 14.6 Å². The molecular weight excluding hydrogens is 575 g/mol. The van der Waals surface area contributed by atoms with Gasteiger partial charge in [0, 0.05) is 48.4 Å². The molecule has 0 aliphatic carbocycles. The average molecular weight is 600 g/mol. The van der Waals surface area contributed by atoms with Crippen molar-refractivity contribution in [3.8, 4) is 16.9 Å². The molecule has 0 spiro atoms. The van der Waals surface area contributed by atoms with Crippen LogP contribution in [0.3, 0.4) is 0 Å². The van der Waals surface area contributed by atoms with E-state index in [1.807, 2.05) is 0 Å². The van der Waals surface area contributed by atoms with E-state index in [2.05, 4.69) is 41.1 Å². The molecule has 11 nitrogen and oxygen atoms in total. The molecule has 1 unspecified atom stereocenters. The van der Waals surface area contributed by atoms with Crippen LogP contribution in [0, 0.1) is 24.4 Å². The quantitative estimate of drug-likeness (QED) is 0.263. The van der Waals surface area contributed by atoms with Crippen LogP contribution in [0.25, 0.3) is 23.0 Å². The molecule has 3 N–H and O–H groups in total. The summed E-state index contributed by atoms with van der Waals surface area (Å²) in [6.07, 6.45) is 5.40. The summed E-state index contributed by atoms with van der Waals surface area (Å²) in [5.74, 6) is -2.38. The average Bonchev–Trinajstić information content (AvgIpc) is 3.71. The number of pyridine rings is 1. The number of nitrogens with one attached hydrogen (secondary N) is 3. The lowest BCUT2D eigenvalue weighted by Crippen LogP contribution is -2.29. The first-order valence-corrected chi connectivity index (χ1v) is 13.6. The van der Waals surface area contributed by atoms with Crippen molar-refractivity contribution in [1.29, 1.82) is 0 Å². The number of halogens is 3. The number of aryl methyl sites for hydroxylation is 2. The number of H-pyrrole nitrogens is 1. The molecular formula is C30H24F3N9O2. The van der Waals surface area contributed by atoms with Gasteiger partial charge in [0.25, 0.3) is 0 Å². The number of carbonyl (C=O) groups excluding carboxylic acids is 2. The van der Waals surface area contributed by atoms with Gasteiger partial charge in [0.15, 0.2) is 0 Å². The Balaban J connectivity index is 1.36. The maximum atomic E-state index is 15.1. The number of aromatic amines is 1. The first-order chi connectivity index (χ1) is 21.2. The molecule has 0 fully saturated rings. The number of aromatic nitrogens is 7. The summed E-state index contributed by atoms with van der Waals surface area (Å²) in [5, 5.41) is 16.5. The molecule has 6 rings (SSSR count). The molecule has 0 saturated heterocycles. The van der Waals surface area contributed by atoms with Gasteiger partial charge >= 0.3 is 0 Å². The smallest absolute Gasteiger partial charge is 0.244 e. The number of tetrazole rings is 1. The monoisotopic (exact) mass is 599 g/mol. The molecule has 1 aliphatic heterocycles. The zero-order valence-electron chi connectivity index (χ0n) is 23.2. The number of rotatable bonds is 4. The normalized spacial score (nSPS) is 15.0. The van der Waals surface area contributed by atoms with Gasteiger partial charge in [0.05, 0.1) is 28.8 Å². The van der Waals surface area contributed by atoms with Gasteiger partial charge in [-0.1, -0.05) is 6.07 Å². The fraction of sp³-hybridized carbons (Fsp3) is 0.167. The first kappa shape index (κ1) is 28.5. The fourth-order valence-corrected chi connectivity index (χ4v) is 4.89. The van der Waals surface area contributed by atoms with Crippen molar-refractivity contribution < 1.29 is 22.8 Å². The Morgan fingerprint density at radius 3 is 2.77 bits per heavy atom. The summed E-state index contributed by atoms with van der Waals surface area (Å²) in [7, 11) is 0. The summed E-state index contributed by atoms with van der Waals surface area (Å²) >= 11 is 0. The van der Waals surface area contributed by atoms with Crippen LogP contribution in [0.2, 0.25) is 0 Å². The fourth-order valence-electron chi connectivity index (χ4n) is 4.89. The summed E-state index contributed by atoms with van der Waals surface area (Å²) in [6.45, 7) is 1.60. The third kappa shape index (κ3) is 5.95. The van der Waals surface area contributed by atoms with E-state index in [4.69, 9.17) is 0 Å². The SMILES string of the molecule is Cc1ccc(-n2cnnn2)c(/C=C/C(=O)NC2Cc3ccc(F)c(n3)CCC(=O)Nc3cc(F)ccc3-c3c[nH]c2n3)c1F. The van der Waals surface area contributed by atoms with Gasteiger partial charge in [0.1, 0.15) is 29.6 Å². The molecule has 2 aromatic carbocycles. The van der Waals surface area contributed by atoms with Gasteiger partial charge in [-0.15, -0.1) is 5.10 Å². The predicted molar refractivity (Wildman–Crippen MR) is 153 cm³/mol. The van der Waals surface area contributed by atoms with E-state index < -0.39 is 35.3 Å². The van der Waals surface area contributed by atoms with Gasteiger partial charge < -0.3 is 15.6 Å². The van der Waals surface area contributed by atoms with Crippen molar-refractivity contribution >= 4 is 23.6 Å². The Morgan fingerprint density at radius 1 is 1.09 bits per heavy atom. The lowest BCUT2D eigenvalue weighted by atomic mass is 10.1. The van der Waals surface area contributed by atoms with Crippen LogP contribution in [0.15, 0.2) is 61.1 Å². The van der Waals surface area contributed by atoms with Crippen molar-refractivity contribution in [2.24, 2.45) is 0 Å². The molecule has 0 saturated carbocycles. The molecule has 14 heteroatoms. The number of imidazole rings is 1. The Morgan fingerprint density at radius 2 is 1.95 bits per heavy atom. The molecule has 3 aromatic heterocycles. The topological polar surface area (TPSA) is 143 Å². The van der Waals surface area contributed by atoms with Crippen LogP contribution in [0.5, 0.6) is 0 Å². The first-order valence-electron chi connectivity index (χ1n) is 13.6. The molecule has 1 atom stereocenters. The molecule has 5 aromatic rings. The van der Waals surface area contributed by atoms with Crippen LogP contribution in [-0.4, -0.2) is 47.0 Å². The minimum absolute atomic E-state index is 0.00347. The number of fused-ring (bicyclic) bond motifs is 6. The molecule has 44 heavy (non-hydrogen) atoms. The maximum absolute atomic E-state index is 15.1. The van der Waals surface area contributed by atoms with Gasteiger partial charge in [0.2, 0.25) is 11.8 Å². The minimum atomic E-state index is -0.783. The van der Waals surface area contributed by atoms with E-state index in [1.54, 1.807) is 25.3 Å². The molecule has 1 aliphatic rings. The summed E-state index contributed by atoms with van der Waals surface area (Å²) in [6, 6.07) is 9.06. The highest BCUT2D eigenvalue weighted by atomic mass is 19.1. The van der Waals surface area contributed by atoms with E-state index in [0.717, 1.165) is 0 Å². The highest BCUT2D eigenvalue weighted by molar-refractivity contribution is 5.95. The number of anilines is 1. The van der Waals surface area contributed by atoms with Gasteiger partial charge in [-0.2, -0.15) is 4.68 Å². The summed E-state index contributed by atoms with van der Waals surface area (Å²) < 4.78 is 45.1. The summed E-state index contributed by atoms with van der Waals surface area (Å²) in [5.41, 5.74) is 2.35. The van der Waals surface area contributed by atoms with E-state index in [-0.39, 0.29) is 36.2 Å². The molecule has 4 heterocycles. The van der Waals surface area contributed by atoms with Crippen molar-refractivity contribution in [2.45, 2.75) is 32.2 Å². The highest BCUT2D eigenvalue weighted by Gasteiger charge is 2.22. The van der Waals surface area contributed by atoms with E-state index in [0.29, 0.717) is 34.0 Å². The number of hydrogen-bond acceptors (Lipinski definition) is 7. The third-order valence-corrected chi connectivity index (χ3v) is 7.10. The minimum Gasteiger partial charge on any atom is -0.346 e. The van der Waals surface area contributed by atoms with Crippen LogP contribution < -0.4 is 10.6 Å². The molecule has 4 bridgehead atoms. The Hall–Kier alpha value is -5.66. The second-order valence-electron chi connectivity index (χ2n) is 10.1. The number of hydrogen-bond donors (Lipinski definition) is 3. The molecule has 2 amide bonds. The molecule has 0 radical (unpaired) electrons. The van der Waals surface area contributed by atoms with Gasteiger partial charge in [-0.25, -0.2) is 18.2 Å². The van der Waals surface area contributed by atoms with Crippen LogP contribution in [0.1, 0.15) is 40.8 Å². The number of benzene rings is 2. The van der Waals surface area contributed by atoms with Crippen molar-refractivity contribution in [2.75, 3.05) is 5.32 Å². The highest BCUT2D eigenvalue weighted by Crippen LogP contribution is 2.30. The van der Waals surface area contributed by atoms with E-state index in [1.165, 1.54) is 53.5 Å². The van der Waals surface area contributed by atoms with E-state index >= 15 is 4.39 Å². The zero-order valence-corrected chi connectivity index (χ0v) is 23.2. The van der Waals surface area contributed by atoms with Crippen molar-refractivity contribution in [3.63, 3.8) is 0 Å². The Bertz CT molecular complexity index is 1900. The van der Waals surface area contributed by atoms with Crippen LogP contribution in [-0.2, 0) is 22.4 Å². The molecule has 222 valence electrons. The Labute approximate surface area is 248 Å². The van der Waals surface area contributed by atoms with E-state index in [9.17, 15) is 18.4 Å². The third-order valence-electron chi connectivity index (χ3n) is 7.10. The summed E-state index contributed by atoms with van der Waals surface area (Å²) in [4.78, 5) is 38.0. The van der Waals surface area contributed by atoms with Crippen LogP contribution >= 0.6 is 0 Å². The van der Waals surface area contributed by atoms with Crippen molar-refractivity contribution in [3.05, 3.63) is 107 Å². The predicted octanol–water partition coefficient (Wildman–Crippen LogP) is 4.17. The number of nitrogens with zero attached hydrogens (tertiary/aromatic N) is 6. The lowest BCUT2D eigenvalue weighted by molar-refractivity contribution is -0.117. The number of amides is 2. The van der Waals surface area contributed by atoms with Crippen molar-refractivity contribution in [1.82, 2.24) is 40.5 Å². The van der Waals surface area contributed by atoms with Crippen LogP contribution in [0.4, 0.5) is 18.9 Å². The zero-order chi connectivity index (χ0) is 30.8. The second kappa shape index (κ2) is 11.9. The number of carbonyl (C=O) groups is 2.